The number of nitrogens with zero attached hydrogens (tertiary/aromatic N) is 3. The predicted molar refractivity (Wildman–Crippen MR) is 130 cm³/mol. The Hall–Kier alpha value is -3.51. The number of hydrogen-bond acceptors (Lipinski definition) is 4. The van der Waals surface area contributed by atoms with Crippen molar-refractivity contribution in [2.24, 2.45) is 0 Å². The van der Waals surface area contributed by atoms with Crippen molar-refractivity contribution in [2.75, 3.05) is 31.5 Å². The first-order valence-electron chi connectivity index (χ1n) is 11.5. The standard InChI is InChI=1S/C27H28N4O2.H2/c1-19(32)29-23-16-22(17-28-18-23)27(33)31-14-12-30(13-15-31)26-24-8-4-2-6-20(24)10-11-21-7-3-5-9-25(21)26;/h2-9,16-18,26H,10-15H2,1H3,(H,29,32);1H. The molecule has 2 heterocycles. The topological polar surface area (TPSA) is 65.5 Å². The van der Waals surface area contributed by atoms with Gasteiger partial charge < -0.3 is 10.2 Å². The Kier molecular flexibility index (Phi) is 5.92. The molecule has 33 heavy (non-hydrogen) atoms. The predicted octanol–water partition coefficient (Wildman–Crippen LogP) is 3.93. The summed E-state index contributed by atoms with van der Waals surface area (Å²) in [5, 5.41) is 2.70. The van der Waals surface area contributed by atoms with E-state index in [1.807, 2.05) is 4.90 Å². The van der Waals surface area contributed by atoms with Crippen LogP contribution in [0.5, 0.6) is 0 Å². The van der Waals surface area contributed by atoms with E-state index in [-0.39, 0.29) is 19.3 Å². The van der Waals surface area contributed by atoms with Crippen molar-refractivity contribution in [2.45, 2.75) is 25.8 Å². The maximum absolute atomic E-state index is 13.1. The van der Waals surface area contributed by atoms with Crippen LogP contribution in [0.4, 0.5) is 5.69 Å². The fourth-order valence-electron chi connectivity index (χ4n) is 5.08. The van der Waals surface area contributed by atoms with Gasteiger partial charge in [0.15, 0.2) is 0 Å². The van der Waals surface area contributed by atoms with Crippen LogP contribution in [0.25, 0.3) is 0 Å². The van der Waals surface area contributed by atoms with E-state index in [1.54, 1.807) is 18.5 Å². The fourth-order valence-corrected chi connectivity index (χ4v) is 5.08. The number of aryl methyl sites for hydroxylation is 2. The summed E-state index contributed by atoms with van der Waals surface area (Å²) in [4.78, 5) is 33.0. The molecule has 0 spiro atoms. The summed E-state index contributed by atoms with van der Waals surface area (Å²) in [6.45, 7) is 4.36. The summed E-state index contributed by atoms with van der Waals surface area (Å²) >= 11 is 0. The van der Waals surface area contributed by atoms with Gasteiger partial charge in [0.25, 0.3) is 5.91 Å². The second-order valence-electron chi connectivity index (χ2n) is 8.77. The molecule has 1 N–H and O–H groups in total. The van der Waals surface area contributed by atoms with E-state index < -0.39 is 0 Å². The Morgan fingerprint density at radius 2 is 1.52 bits per heavy atom. The van der Waals surface area contributed by atoms with Crippen molar-refractivity contribution < 1.29 is 11.0 Å². The zero-order valence-electron chi connectivity index (χ0n) is 18.8. The van der Waals surface area contributed by atoms with Gasteiger partial charge in [0, 0.05) is 40.7 Å². The zero-order valence-corrected chi connectivity index (χ0v) is 18.8. The Labute approximate surface area is 195 Å². The maximum atomic E-state index is 13.1. The molecule has 6 nitrogen and oxygen atoms in total. The summed E-state index contributed by atoms with van der Waals surface area (Å²) in [7, 11) is 0. The van der Waals surface area contributed by atoms with Crippen LogP contribution in [0.2, 0.25) is 0 Å². The number of benzene rings is 2. The summed E-state index contributed by atoms with van der Waals surface area (Å²) in [5.41, 5.74) is 6.64. The summed E-state index contributed by atoms with van der Waals surface area (Å²) in [5.74, 6) is -0.227. The van der Waals surface area contributed by atoms with E-state index in [0.717, 1.165) is 25.9 Å². The van der Waals surface area contributed by atoms with E-state index in [1.165, 1.54) is 29.2 Å². The smallest absolute Gasteiger partial charge is 0.255 e. The number of fused-ring (bicyclic) bond motifs is 2. The van der Waals surface area contributed by atoms with Crippen molar-refractivity contribution >= 4 is 17.5 Å². The molecule has 3 aromatic rings. The van der Waals surface area contributed by atoms with Crippen LogP contribution in [0.15, 0.2) is 67.0 Å². The number of anilines is 1. The van der Waals surface area contributed by atoms with Gasteiger partial charge in [-0.05, 0) is 41.2 Å². The van der Waals surface area contributed by atoms with Gasteiger partial charge in [0.05, 0.1) is 23.5 Å². The first-order chi connectivity index (χ1) is 16.1. The third-order valence-corrected chi connectivity index (χ3v) is 6.64. The van der Waals surface area contributed by atoms with E-state index in [2.05, 4.69) is 63.7 Å². The molecule has 0 saturated carbocycles. The molecule has 0 bridgehead atoms. The van der Waals surface area contributed by atoms with E-state index in [4.69, 9.17) is 0 Å². The van der Waals surface area contributed by atoms with Crippen molar-refractivity contribution in [3.8, 4) is 0 Å². The molecule has 0 atom stereocenters. The Bertz CT molecular complexity index is 1140. The Morgan fingerprint density at radius 3 is 2.12 bits per heavy atom. The maximum Gasteiger partial charge on any atom is 0.255 e. The third-order valence-electron chi connectivity index (χ3n) is 6.64. The van der Waals surface area contributed by atoms with Gasteiger partial charge in [-0.15, -0.1) is 0 Å². The molecular formula is C27H30N4O2. The number of pyridine rings is 1. The number of carbonyl (C=O) groups is 2. The van der Waals surface area contributed by atoms with Gasteiger partial charge in [-0.3, -0.25) is 19.5 Å². The number of hydrogen-bond donors (Lipinski definition) is 1. The highest BCUT2D eigenvalue weighted by Gasteiger charge is 2.32. The molecule has 1 aliphatic heterocycles. The van der Waals surface area contributed by atoms with Gasteiger partial charge in [-0.2, -0.15) is 0 Å². The molecule has 5 rings (SSSR count). The normalized spacial score (nSPS) is 16.5. The highest BCUT2D eigenvalue weighted by atomic mass is 16.2. The lowest BCUT2D eigenvalue weighted by Gasteiger charge is -2.40. The van der Waals surface area contributed by atoms with Crippen LogP contribution in [0.3, 0.4) is 0 Å². The number of carbonyl (C=O) groups excluding carboxylic acids is 2. The minimum Gasteiger partial charge on any atom is -0.336 e. The second-order valence-corrected chi connectivity index (χ2v) is 8.77. The molecule has 2 aromatic carbocycles. The molecule has 0 unspecified atom stereocenters. The van der Waals surface area contributed by atoms with Gasteiger partial charge >= 0.3 is 0 Å². The minimum absolute atomic E-state index is 0. The van der Waals surface area contributed by atoms with Crippen LogP contribution in [-0.4, -0.2) is 52.8 Å². The molecule has 1 aliphatic carbocycles. The quantitative estimate of drug-likeness (QED) is 0.668. The van der Waals surface area contributed by atoms with E-state index in [0.29, 0.717) is 24.3 Å². The van der Waals surface area contributed by atoms with Crippen LogP contribution < -0.4 is 5.32 Å². The van der Waals surface area contributed by atoms with Crippen molar-refractivity contribution in [3.05, 3.63) is 94.8 Å². The van der Waals surface area contributed by atoms with Gasteiger partial charge in [0.1, 0.15) is 0 Å². The van der Waals surface area contributed by atoms with Crippen LogP contribution >= 0.6 is 0 Å². The summed E-state index contributed by atoms with van der Waals surface area (Å²) in [6.07, 6.45) is 5.23. The molecule has 0 radical (unpaired) electrons. The lowest BCUT2D eigenvalue weighted by molar-refractivity contribution is -0.114. The lowest BCUT2D eigenvalue weighted by Crippen LogP contribution is -2.50. The lowest BCUT2D eigenvalue weighted by atomic mass is 9.92. The number of amides is 2. The van der Waals surface area contributed by atoms with Gasteiger partial charge in [-0.1, -0.05) is 48.5 Å². The average molecular weight is 443 g/mol. The van der Waals surface area contributed by atoms with Crippen molar-refractivity contribution in [1.82, 2.24) is 14.8 Å². The van der Waals surface area contributed by atoms with Gasteiger partial charge in [-0.25, -0.2) is 0 Å². The van der Waals surface area contributed by atoms with Crippen molar-refractivity contribution in [1.29, 1.82) is 0 Å². The van der Waals surface area contributed by atoms with E-state index >= 15 is 0 Å². The van der Waals surface area contributed by atoms with Gasteiger partial charge in [0.2, 0.25) is 5.91 Å². The molecule has 1 aromatic heterocycles. The minimum atomic E-state index is -0.182. The largest absolute Gasteiger partial charge is 0.336 e. The SMILES string of the molecule is CC(=O)Nc1cncc(C(=O)N2CCN(C3c4ccccc4CCc4ccccc43)CC2)c1.[HH]. The number of rotatable bonds is 3. The molecular weight excluding hydrogens is 412 g/mol. The number of aromatic nitrogens is 1. The fraction of sp³-hybridized carbons (Fsp3) is 0.296. The first-order valence-corrected chi connectivity index (χ1v) is 11.5. The molecule has 170 valence electrons. The highest BCUT2D eigenvalue weighted by molar-refractivity contribution is 5.96. The Morgan fingerprint density at radius 1 is 0.909 bits per heavy atom. The van der Waals surface area contributed by atoms with Crippen molar-refractivity contribution in [3.63, 3.8) is 0 Å². The number of nitrogens with one attached hydrogen (secondary N) is 1. The summed E-state index contributed by atoms with van der Waals surface area (Å²) in [6, 6.07) is 19.5. The Balaban J connectivity index is 0.00000274. The number of piperazine rings is 1. The summed E-state index contributed by atoms with van der Waals surface area (Å²) < 4.78 is 0. The van der Waals surface area contributed by atoms with Crippen LogP contribution in [0.1, 0.15) is 47.0 Å². The van der Waals surface area contributed by atoms with Crippen LogP contribution in [0, 0.1) is 0 Å². The average Bonchev–Trinajstić information content (AvgIpc) is 3.00. The third kappa shape index (κ3) is 4.39. The molecule has 1 saturated heterocycles. The monoisotopic (exact) mass is 442 g/mol. The highest BCUT2D eigenvalue weighted by Crippen LogP contribution is 2.37. The second kappa shape index (κ2) is 9.16. The van der Waals surface area contributed by atoms with E-state index in [9.17, 15) is 9.59 Å². The first kappa shape index (κ1) is 21.3. The molecule has 1 fully saturated rings. The molecule has 2 amide bonds. The zero-order chi connectivity index (χ0) is 22.8. The molecule has 2 aliphatic rings. The molecule has 6 heteroatoms. The van der Waals surface area contributed by atoms with Crippen LogP contribution in [-0.2, 0) is 17.6 Å².